The fourth-order valence-electron chi connectivity index (χ4n) is 5.19. The van der Waals surface area contributed by atoms with Crippen molar-refractivity contribution in [2.45, 2.75) is 44.8 Å². The Morgan fingerprint density at radius 2 is 2.03 bits per heavy atom. The summed E-state index contributed by atoms with van der Waals surface area (Å²) in [4.78, 5) is 29.0. The average Bonchev–Trinajstić information content (AvgIpc) is 3.49. The fourth-order valence-corrected chi connectivity index (χ4v) is 6.44. The highest BCUT2D eigenvalue weighted by atomic mass is 32.2. The van der Waals surface area contributed by atoms with Crippen molar-refractivity contribution in [2.75, 3.05) is 18.1 Å². The minimum Gasteiger partial charge on any atom is -0.465 e. The van der Waals surface area contributed by atoms with Crippen molar-refractivity contribution in [3.05, 3.63) is 64.1 Å². The molecule has 0 aromatic heterocycles. The summed E-state index contributed by atoms with van der Waals surface area (Å²) in [6.07, 6.45) is 5.35. The third-order valence-electron chi connectivity index (χ3n) is 6.68. The largest absolute Gasteiger partial charge is 0.465 e. The number of benzene rings is 2. The predicted octanol–water partition coefficient (Wildman–Crippen LogP) is 4.73. The SMILES string of the molecule is CCOC(=O)CN1C(=O)/C(=C\c2ccc3c(c2)C2CCCC2N3c2ccc(CO)cc2)SC1=S. The van der Waals surface area contributed by atoms with Crippen LogP contribution in [0.4, 0.5) is 11.4 Å². The van der Waals surface area contributed by atoms with Crippen molar-refractivity contribution in [3.63, 3.8) is 0 Å². The quantitative estimate of drug-likeness (QED) is 0.354. The molecule has 0 spiro atoms. The molecule has 1 amide bonds. The van der Waals surface area contributed by atoms with Crippen LogP contribution in [-0.4, -0.2) is 45.4 Å². The van der Waals surface area contributed by atoms with Crippen molar-refractivity contribution in [1.29, 1.82) is 0 Å². The third kappa shape index (κ3) is 4.15. The van der Waals surface area contributed by atoms with Crippen LogP contribution in [0.2, 0.25) is 0 Å². The van der Waals surface area contributed by atoms with E-state index in [2.05, 4.69) is 29.2 Å². The highest BCUT2D eigenvalue weighted by Crippen LogP contribution is 2.52. The standard InChI is InChI=1S/C26H26N2O4S2/c1-2-32-24(30)14-27-25(31)23(34-26(27)33)13-17-8-11-22-20(12-17)19-4-3-5-21(19)28(22)18-9-6-16(15-29)7-10-18/h6-13,19,21,29H,2-5,14-15H2,1H3/b23-13+. The van der Waals surface area contributed by atoms with Gasteiger partial charge in [-0.2, -0.15) is 0 Å². The first-order valence-corrected chi connectivity index (χ1v) is 12.8. The summed E-state index contributed by atoms with van der Waals surface area (Å²) in [7, 11) is 0. The lowest BCUT2D eigenvalue weighted by atomic mass is 9.96. The second kappa shape index (κ2) is 9.52. The van der Waals surface area contributed by atoms with Crippen molar-refractivity contribution in [3.8, 4) is 0 Å². The van der Waals surface area contributed by atoms with Crippen molar-refractivity contribution in [2.24, 2.45) is 0 Å². The number of hydrogen-bond donors (Lipinski definition) is 1. The van der Waals surface area contributed by atoms with Crippen molar-refractivity contribution in [1.82, 2.24) is 4.90 Å². The lowest BCUT2D eigenvalue weighted by Gasteiger charge is -2.27. The van der Waals surface area contributed by atoms with Gasteiger partial charge in [-0.15, -0.1) is 0 Å². The molecule has 1 saturated carbocycles. The number of thioether (sulfide) groups is 1. The van der Waals surface area contributed by atoms with Gasteiger partial charge in [0.05, 0.1) is 18.1 Å². The van der Waals surface area contributed by atoms with Gasteiger partial charge >= 0.3 is 5.97 Å². The van der Waals surface area contributed by atoms with Gasteiger partial charge in [0.15, 0.2) is 0 Å². The molecule has 176 valence electrons. The molecule has 2 fully saturated rings. The van der Waals surface area contributed by atoms with Crippen LogP contribution >= 0.6 is 24.0 Å². The zero-order valence-corrected chi connectivity index (χ0v) is 20.5. The van der Waals surface area contributed by atoms with E-state index in [1.54, 1.807) is 6.92 Å². The molecule has 1 saturated heterocycles. The summed E-state index contributed by atoms with van der Waals surface area (Å²) in [6.45, 7) is 1.88. The van der Waals surface area contributed by atoms with Crippen LogP contribution < -0.4 is 4.90 Å². The molecule has 5 rings (SSSR count). The number of nitrogens with zero attached hydrogens (tertiary/aromatic N) is 2. The maximum atomic E-state index is 12.9. The Hall–Kier alpha value is -2.68. The number of amides is 1. The molecule has 2 heterocycles. The first kappa shape index (κ1) is 23.1. The van der Waals surface area contributed by atoms with E-state index in [1.165, 1.54) is 34.3 Å². The Morgan fingerprint density at radius 3 is 2.76 bits per heavy atom. The topological polar surface area (TPSA) is 70.1 Å². The minimum atomic E-state index is -0.461. The van der Waals surface area contributed by atoms with Crippen LogP contribution in [0, 0.1) is 0 Å². The van der Waals surface area contributed by atoms with Gasteiger partial charge in [0.1, 0.15) is 10.9 Å². The first-order valence-electron chi connectivity index (χ1n) is 11.5. The summed E-state index contributed by atoms with van der Waals surface area (Å²) in [5.41, 5.74) is 5.52. The van der Waals surface area contributed by atoms with E-state index in [4.69, 9.17) is 17.0 Å². The Kier molecular flexibility index (Phi) is 6.46. The number of ether oxygens (including phenoxy) is 1. The van der Waals surface area contributed by atoms with Crippen molar-refractivity contribution >= 4 is 57.6 Å². The molecule has 1 aliphatic carbocycles. The molecule has 34 heavy (non-hydrogen) atoms. The summed E-state index contributed by atoms with van der Waals surface area (Å²) >= 11 is 6.56. The first-order chi connectivity index (χ1) is 16.5. The molecule has 2 aliphatic heterocycles. The lowest BCUT2D eigenvalue weighted by Crippen LogP contribution is -2.34. The summed E-state index contributed by atoms with van der Waals surface area (Å²) < 4.78 is 5.34. The van der Waals surface area contributed by atoms with Gasteiger partial charge in [-0.3, -0.25) is 14.5 Å². The molecule has 2 atom stereocenters. The number of thiocarbonyl (C=S) groups is 1. The number of aliphatic hydroxyl groups is 1. The van der Waals surface area contributed by atoms with Gasteiger partial charge < -0.3 is 14.7 Å². The van der Waals surface area contributed by atoms with E-state index in [0.717, 1.165) is 29.7 Å². The van der Waals surface area contributed by atoms with E-state index in [-0.39, 0.29) is 25.7 Å². The monoisotopic (exact) mass is 494 g/mol. The molecule has 2 unspecified atom stereocenters. The van der Waals surface area contributed by atoms with Crippen LogP contribution in [-0.2, 0) is 20.9 Å². The molecular formula is C26H26N2O4S2. The summed E-state index contributed by atoms with van der Waals surface area (Å²) in [5, 5.41) is 9.39. The molecule has 2 aromatic carbocycles. The molecule has 3 aliphatic rings. The highest BCUT2D eigenvalue weighted by molar-refractivity contribution is 8.26. The molecule has 0 radical (unpaired) electrons. The maximum Gasteiger partial charge on any atom is 0.326 e. The summed E-state index contributed by atoms with van der Waals surface area (Å²) in [6, 6.07) is 14.9. The number of fused-ring (bicyclic) bond motifs is 3. The Morgan fingerprint density at radius 1 is 1.24 bits per heavy atom. The van der Waals surface area contributed by atoms with Crippen LogP contribution in [0.3, 0.4) is 0 Å². The molecular weight excluding hydrogens is 468 g/mol. The van der Waals surface area contributed by atoms with E-state index in [0.29, 0.717) is 21.2 Å². The van der Waals surface area contributed by atoms with Crippen LogP contribution in [0.15, 0.2) is 47.4 Å². The van der Waals surface area contributed by atoms with E-state index >= 15 is 0 Å². The molecule has 8 heteroatoms. The van der Waals surface area contributed by atoms with Crippen LogP contribution in [0.25, 0.3) is 6.08 Å². The average molecular weight is 495 g/mol. The molecule has 0 bridgehead atoms. The van der Waals surface area contributed by atoms with Gasteiger partial charge in [-0.25, -0.2) is 0 Å². The van der Waals surface area contributed by atoms with Crippen LogP contribution in [0.1, 0.15) is 48.8 Å². The molecule has 6 nitrogen and oxygen atoms in total. The molecule has 1 N–H and O–H groups in total. The highest BCUT2D eigenvalue weighted by Gasteiger charge is 2.42. The normalized spacial score (nSPS) is 22.5. The zero-order chi connectivity index (χ0) is 23.8. The fraction of sp³-hybridized carbons (Fsp3) is 0.346. The van der Waals surface area contributed by atoms with E-state index in [1.807, 2.05) is 24.3 Å². The number of anilines is 2. The minimum absolute atomic E-state index is 0.0400. The molecule has 2 aromatic rings. The Balaban J connectivity index is 1.42. The number of hydrogen-bond acceptors (Lipinski definition) is 7. The Labute approximate surface area is 208 Å². The number of aliphatic hydroxyl groups excluding tert-OH is 1. The van der Waals surface area contributed by atoms with Gasteiger partial charge in [0.25, 0.3) is 5.91 Å². The second-order valence-electron chi connectivity index (χ2n) is 8.69. The van der Waals surface area contributed by atoms with Gasteiger partial charge in [0, 0.05) is 23.3 Å². The number of esters is 1. The summed E-state index contributed by atoms with van der Waals surface area (Å²) in [5.74, 6) is -0.260. The third-order valence-corrected chi connectivity index (χ3v) is 8.06. The van der Waals surface area contributed by atoms with E-state index < -0.39 is 5.97 Å². The van der Waals surface area contributed by atoms with Gasteiger partial charge in [0.2, 0.25) is 0 Å². The zero-order valence-electron chi connectivity index (χ0n) is 18.9. The maximum absolute atomic E-state index is 12.9. The van der Waals surface area contributed by atoms with Gasteiger partial charge in [-0.05, 0) is 66.8 Å². The number of carbonyl (C=O) groups is 2. The Bertz CT molecular complexity index is 1180. The van der Waals surface area contributed by atoms with E-state index in [9.17, 15) is 14.7 Å². The second-order valence-corrected chi connectivity index (χ2v) is 10.4. The van der Waals surface area contributed by atoms with Crippen LogP contribution in [0.5, 0.6) is 0 Å². The number of rotatable bonds is 6. The van der Waals surface area contributed by atoms with Gasteiger partial charge in [-0.1, -0.05) is 48.6 Å². The predicted molar refractivity (Wildman–Crippen MR) is 138 cm³/mol. The number of carbonyl (C=O) groups excluding carboxylic acids is 2. The smallest absolute Gasteiger partial charge is 0.326 e. The lowest BCUT2D eigenvalue weighted by molar-refractivity contribution is -0.145. The van der Waals surface area contributed by atoms with Crippen molar-refractivity contribution < 1.29 is 19.4 Å².